The zero-order valence-electron chi connectivity index (χ0n) is 16.1. The molecule has 0 fully saturated rings. The zero-order chi connectivity index (χ0) is 21.3. The molecule has 1 heterocycles. The molecule has 0 saturated carbocycles. The molecule has 1 aliphatic carbocycles. The van der Waals surface area contributed by atoms with E-state index in [2.05, 4.69) is 10.3 Å². The molecule has 1 aliphatic rings. The molecule has 0 atom stereocenters. The van der Waals surface area contributed by atoms with Crippen LogP contribution in [0.1, 0.15) is 34.5 Å². The minimum absolute atomic E-state index is 0.0609. The molecule has 156 valence electrons. The highest BCUT2D eigenvalue weighted by Crippen LogP contribution is 2.29. The largest absolute Gasteiger partial charge is 0.452 e. The first-order valence-corrected chi connectivity index (χ1v) is 11.1. The molecule has 0 bridgehead atoms. The first-order valence-electron chi connectivity index (χ1n) is 9.54. The van der Waals surface area contributed by atoms with Gasteiger partial charge in [0.1, 0.15) is 0 Å². The molecule has 0 unspecified atom stereocenters. The number of hydrogen-bond acceptors (Lipinski definition) is 5. The Balaban J connectivity index is 1.39. The number of sulfonamides is 1. The predicted molar refractivity (Wildman–Crippen MR) is 112 cm³/mol. The quantitative estimate of drug-likeness (QED) is 0.538. The van der Waals surface area contributed by atoms with E-state index in [0.717, 1.165) is 36.6 Å². The molecule has 4 N–H and O–H groups in total. The lowest BCUT2D eigenvalue weighted by Crippen LogP contribution is -2.21. The van der Waals surface area contributed by atoms with Crippen molar-refractivity contribution in [3.63, 3.8) is 0 Å². The first kappa shape index (κ1) is 20.1. The van der Waals surface area contributed by atoms with Crippen molar-refractivity contribution in [2.24, 2.45) is 5.14 Å². The second kappa shape index (κ2) is 7.92. The number of carbonyl (C=O) groups is 2. The summed E-state index contributed by atoms with van der Waals surface area (Å²) in [6.07, 6.45) is 4.30. The van der Waals surface area contributed by atoms with Gasteiger partial charge < -0.3 is 15.0 Å². The van der Waals surface area contributed by atoms with Crippen molar-refractivity contribution in [3.8, 4) is 0 Å². The molecule has 0 aliphatic heterocycles. The van der Waals surface area contributed by atoms with Crippen LogP contribution in [0.5, 0.6) is 0 Å². The normalized spacial score (nSPS) is 13.6. The van der Waals surface area contributed by atoms with E-state index >= 15 is 0 Å². The number of rotatable bonds is 5. The Morgan fingerprint density at radius 1 is 1.07 bits per heavy atom. The van der Waals surface area contributed by atoms with E-state index in [1.54, 1.807) is 6.07 Å². The lowest BCUT2D eigenvalue weighted by molar-refractivity contribution is -0.119. The first-order chi connectivity index (χ1) is 14.3. The lowest BCUT2D eigenvalue weighted by atomic mass is 9.95. The highest BCUT2D eigenvalue weighted by Gasteiger charge is 2.18. The molecule has 0 saturated heterocycles. The Labute approximate surface area is 173 Å². The van der Waals surface area contributed by atoms with Gasteiger partial charge in [-0.1, -0.05) is 0 Å². The van der Waals surface area contributed by atoms with Gasteiger partial charge in [-0.15, -0.1) is 0 Å². The predicted octanol–water partition coefficient (Wildman–Crippen LogP) is 2.49. The maximum atomic E-state index is 12.4. The van der Waals surface area contributed by atoms with Crippen LogP contribution in [0.2, 0.25) is 0 Å². The number of amides is 1. The smallest absolute Gasteiger partial charge is 0.338 e. The van der Waals surface area contributed by atoms with Gasteiger partial charge in [-0.3, -0.25) is 4.79 Å². The topological polar surface area (TPSA) is 131 Å². The van der Waals surface area contributed by atoms with E-state index in [0.29, 0.717) is 11.3 Å². The minimum atomic E-state index is -3.80. The minimum Gasteiger partial charge on any atom is -0.452 e. The standard InChI is InChI=1S/C21H21N3O5S/c22-30(27,28)15-8-6-14(7-9-15)23-20(25)12-29-21(26)13-5-10-19-17(11-13)16-3-1-2-4-18(16)24-19/h5-11,24H,1-4,12H2,(H,23,25)(H2,22,27,28). The molecular formula is C21H21N3O5S. The van der Waals surface area contributed by atoms with Gasteiger partial charge >= 0.3 is 5.97 Å². The number of aromatic nitrogens is 1. The summed E-state index contributed by atoms with van der Waals surface area (Å²) in [5.41, 5.74) is 4.24. The summed E-state index contributed by atoms with van der Waals surface area (Å²) in [5.74, 6) is -1.12. The fraction of sp³-hybridized carbons (Fsp3) is 0.238. The highest BCUT2D eigenvalue weighted by molar-refractivity contribution is 7.89. The number of ether oxygens (including phenoxy) is 1. The van der Waals surface area contributed by atoms with Crippen molar-refractivity contribution in [1.82, 2.24) is 4.98 Å². The number of nitrogens with one attached hydrogen (secondary N) is 2. The molecule has 0 spiro atoms. The Morgan fingerprint density at radius 3 is 2.53 bits per heavy atom. The van der Waals surface area contributed by atoms with Crippen molar-refractivity contribution in [3.05, 3.63) is 59.3 Å². The molecule has 1 amide bonds. The third-order valence-corrected chi connectivity index (χ3v) is 6.06. The van der Waals surface area contributed by atoms with Gasteiger partial charge in [-0.25, -0.2) is 18.4 Å². The average molecular weight is 427 g/mol. The SMILES string of the molecule is NS(=O)(=O)c1ccc(NC(=O)COC(=O)c2ccc3[nH]c4c(c3c2)CCCC4)cc1. The highest BCUT2D eigenvalue weighted by atomic mass is 32.2. The van der Waals surface area contributed by atoms with Crippen molar-refractivity contribution >= 4 is 38.5 Å². The molecule has 3 aromatic rings. The monoisotopic (exact) mass is 427 g/mol. The molecule has 1 aromatic heterocycles. The lowest BCUT2D eigenvalue weighted by Gasteiger charge is -2.10. The van der Waals surface area contributed by atoms with Crippen molar-refractivity contribution in [2.75, 3.05) is 11.9 Å². The van der Waals surface area contributed by atoms with Crippen LogP contribution < -0.4 is 10.5 Å². The third kappa shape index (κ3) is 4.22. The van der Waals surface area contributed by atoms with E-state index in [4.69, 9.17) is 9.88 Å². The molecule has 9 heteroatoms. The van der Waals surface area contributed by atoms with Crippen LogP contribution in [-0.2, 0) is 32.4 Å². The van der Waals surface area contributed by atoms with Crippen LogP contribution in [0.4, 0.5) is 5.69 Å². The zero-order valence-corrected chi connectivity index (χ0v) is 16.9. The fourth-order valence-electron chi connectivity index (χ4n) is 3.67. The molecule has 4 rings (SSSR count). The van der Waals surface area contributed by atoms with Gasteiger partial charge in [-0.2, -0.15) is 0 Å². The van der Waals surface area contributed by atoms with Gasteiger partial charge in [0.15, 0.2) is 6.61 Å². The number of hydrogen-bond donors (Lipinski definition) is 3. The summed E-state index contributed by atoms with van der Waals surface area (Å²) >= 11 is 0. The van der Waals surface area contributed by atoms with Crippen molar-refractivity contribution in [2.45, 2.75) is 30.6 Å². The number of aromatic amines is 1. The van der Waals surface area contributed by atoms with E-state index in [-0.39, 0.29) is 4.90 Å². The van der Waals surface area contributed by atoms with E-state index in [1.807, 2.05) is 12.1 Å². The summed E-state index contributed by atoms with van der Waals surface area (Å²) in [5, 5.41) is 8.60. The number of fused-ring (bicyclic) bond motifs is 3. The van der Waals surface area contributed by atoms with Gasteiger partial charge in [0.05, 0.1) is 10.5 Å². The van der Waals surface area contributed by atoms with E-state index in [1.165, 1.54) is 35.5 Å². The van der Waals surface area contributed by atoms with E-state index in [9.17, 15) is 18.0 Å². The van der Waals surface area contributed by atoms with Gasteiger partial charge in [-0.05, 0) is 73.7 Å². The number of H-pyrrole nitrogens is 1. The Morgan fingerprint density at radius 2 is 1.80 bits per heavy atom. The molecule has 30 heavy (non-hydrogen) atoms. The summed E-state index contributed by atoms with van der Waals surface area (Å²) < 4.78 is 27.6. The maximum Gasteiger partial charge on any atom is 0.338 e. The number of benzene rings is 2. The number of aryl methyl sites for hydroxylation is 2. The molecule has 2 aromatic carbocycles. The fourth-order valence-corrected chi connectivity index (χ4v) is 4.19. The van der Waals surface area contributed by atoms with Crippen LogP contribution in [0, 0.1) is 0 Å². The number of anilines is 1. The number of carbonyl (C=O) groups excluding carboxylic acids is 2. The van der Waals surface area contributed by atoms with E-state index < -0.39 is 28.5 Å². The summed E-state index contributed by atoms with van der Waals surface area (Å²) in [4.78, 5) is 27.8. The van der Waals surface area contributed by atoms with Crippen LogP contribution >= 0.6 is 0 Å². The van der Waals surface area contributed by atoms with Gasteiger partial charge in [0.2, 0.25) is 10.0 Å². The number of esters is 1. The van der Waals surface area contributed by atoms with Crippen molar-refractivity contribution < 1.29 is 22.7 Å². The Kier molecular flexibility index (Phi) is 5.31. The summed E-state index contributed by atoms with van der Waals surface area (Å²) in [6.45, 7) is -0.459. The van der Waals surface area contributed by atoms with Crippen LogP contribution in [0.3, 0.4) is 0 Å². The molecular weight excluding hydrogens is 406 g/mol. The second-order valence-electron chi connectivity index (χ2n) is 7.24. The van der Waals surface area contributed by atoms with Crippen LogP contribution in [-0.4, -0.2) is 31.9 Å². The van der Waals surface area contributed by atoms with Gasteiger partial charge in [0, 0.05) is 22.3 Å². The maximum absolute atomic E-state index is 12.4. The molecule has 0 radical (unpaired) electrons. The van der Waals surface area contributed by atoms with Crippen molar-refractivity contribution in [1.29, 1.82) is 0 Å². The second-order valence-corrected chi connectivity index (χ2v) is 8.80. The van der Waals surface area contributed by atoms with Crippen LogP contribution in [0.25, 0.3) is 10.9 Å². The summed E-state index contributed by atoms with van der Waals surface area (Å²) in [7, 11) is -3.80. The number of primary sulfonamides is 1. The summed E-state index contributed by atoms with van der Waals surface area (Å²) in [6, 6.07) is 10.7. The number of nitrogens with two attached hydrogens (primary N) is 1. The Hall–Kier alpha value is -3.17. The molecule has 8 nitrogen and oxygen atoms in total. The van der Waals surface area contributed by atoms with Crippen LogP contribution in [0.15, 0.2) is 47.4 Å². The average Bonchev–Trinajstić information content (AvgIpc) is 3.09. The Bertz CT molecular complexity index is 1230. The van der Waals surface area contributed by atoms with Gasteiger partial charge in [0.25, 0.3) is 5.91 Å². The third-order valence-electron chi connectivity index (χ3n) is 5.13.